The first-order valence-corrected chi connectivity index (χ1v) is 5.06. The number of carbonyl (C=O) groups is 2. The summed E-state index contributed by atoms with van der Waals surface area (Å²) in [6, 6.07) is 0. The molecule has 0 aromatic rings. The Morgan fingerprint density at radius 2 is 2.27 bits per heavy atom. The molecule has 82 valence electrons. The highest BCUT2D eigenvalue weighted by molar-refractivity contribution is 5.89. The van der Waals surface area contributed by atoms with Crippen LogP contribution in [0.15, 0.2) is 11.4 Å². The van der Waals surface area contributed by atoms with E-state index in [0.717, 1.165) is 5.70 Å². The first-order valence-electron chi connectivity index (χ1n) is 5.06. The molecule has 2 amide bonds. The molecule has 0 aliphatic carbocycles. The van der Waals surface area contributed by atoms with Crippen LogP contribution in [-0.2, 0) is 4.79 Å². The first kappa shape index (κ1) is 10.0. The van der Waals surface area contributed by atoms with Gasteiger partial charge in [0.05, 0.1) is 11.6 Å². The van der Waals surface area contributed by atoms with E-state index in [1.54, 1.807) is 0 Å². The molecule has 0 fully saturated rings. The summed E-state index contributed by atoms with van der Waals surface area (Å²) in [6.07, 6.45) is -0.349. The summed E-state index contributed by atoms with van der Waals surface area (Å²) in [5.74, 6) is -0.253. The molecule has 0 saturated carbocycles. The van der Waals surface area contributed by atoms with Crippen molar-refractivity contribution < 1.29 is 14.7 Å². The normalized spacial score (nSPS) is 24.9. The zero-order chi connectivity index (χ0) is 11.2. The van der Waals surface area contributed by atoms with Crippen LogP contribution in [0.25, 0.3) is 0 Å². The van der Waals surface area contributed by atoms with Crippen molar-refractivity contribution in [2.45, 2.75) is 20.3 Å². The van der Waals surface area contributed by atoms with Crippen molar-refractivity contribution in [2.75, 3.05) is 6.54 Å². The molecule has 0 saturated heterocycles. The average molecular weight is 210 g/mol. The number of carbonyl (C=O) groups excluding carboxylic acids is 1. The maximum atomic E-state index is 11.6. The van der Waals surface area contributed by atoms with Gasteiger partial charge in [-0.2, -0.15) is 0 Å². The molecule has 5 heteroatoms. The Hall–Kier alpha value is -1.52. The summed E-state index contributed by atoms with van der Waals surface area (Å²) in [7, 11) is 0. The fourth-order valence-corrected chi connectivity index (χ4v) is 2.28. The predicted molar refractivity (Wildman–Crippen MR) is 52.8 cm³/mol. The van der Waals surface area contributed by atoms with Crippen LogP contribution in [-0.4, -0.2) is 28.6 Å². The molecule has 0 aromatic heterocycles. The zero-order valence-electron chi connectivity index (χ0n) is 8.78. The van der Waals surface area contributed by atoms with Gasteiger partial charge in [0.25, 0.3) is 0 Å². The Labute approximate surface area is 87.7 Å². The third-order valence-electron chi connectivity index (χ3n) is 2.93. The molecule has 2 aliphatic rings. The summed E-state index contributed by atoms with van der Waals surface area (Å²) in [5.41, 5.74) is 1.46. The van der Waals surface area contributed by atoms with Crippen molar-refractivity contribution in [1.29, 1.82) is 0 Å². The third-order valence-corrected chi connectivity index (χ3v) is 2.93. The van der Waals surface area contributed by atoms with E-state index in [1.807, 2.05) is 13.8 Å². The highest BCUT2D eigenvalue weighted by Crippen LogP contribution is 2.36. The number of rotatable bonds is 1. The molecule has 0 aromatic carbocycles. The van der Waals surface area contributed by atoms with Gasteiger partial charge in [-0.3, -0.25) is 9.69 Å². The highest BCUT2D eigenvalue weighted by atomic mass is 16.4. The van der Waals surface area contributed by atoms with Gasteiger partial charge in [0.15, 0.2) is 0 Å². The number of nitrogens with zero attached hydrogens (tertiary/aromatic N) is 1. The molecule has 2 aliphatic heterocycles. The van der Waals surface area contributed by atoms with Gasteiger partial charge < -0.3 is 10.4 Å². The fourth-order valence-electron chi connectivity index (χ4n) is 2.28. The van der Waals surface area contributed by atoms with E-state index < -0.39 is 6.09 Å². The molecule has 0 bridgehead atoms. The van der Waals surface area contributed by atoms with Crippen molar-refractivity contribution in [3.63, 3.8) is 0 Å². The van der Waals surface area contributed by atoms with E-state index in [0.29, 0.717) is 18.7 Å². The van der Waals surface area contributed by atoms with Crippen LogP contribution in [0.4, 0.5) is 4.79 Å². The van der Waals surface area contributed by atoms with Crippen molar-refractivity contribution in [3.8, 4) is 0 Å². The molecule has 0 radical (unpaired) electrons. The lowest BCUT2D eigenvalue weighted by atomic mass is 9.93. The zero-order valence-corrected chi connectivity index (χ0v) is 8.78. The number of nitrogens with one attached hydrogen (secondary N) is 1. The maximum absolute atomic E-state index is 11.6. The molecular weight excluding hydrogens is 196 g/mol. The summed E-state index contributed by atoms with van der Waals surface area (Å²) in [5, 5.41) is 11.8. The van der Waals surface area contributed by atoms with Crippen molar-refractivity contribution in [1.82, 2.24) is 10.2 Å². The van der Waals surface area contributed by atoms with Gasteiger partial charge in [0, 0.05) is 18.7 Å². The number of hydrogen-bond acceptors (Lipinski definition) is 2. The maximum Gasteiger partial charge on any atom is 0.411 e. The average Bonchev–Trinajstić information content (AvgIpc) is 2.59. The van der Waals surface area contributed by atoms with Gasteiger partial charge in [-0.25, -0.2) is 4.79 Å². The number of hydrogen-bond donors (Lipinski definition) is 2. The number of amides is 2. The molecule has 0 unspecified atom stereocenters. The lowest BCUT2D eigenvalue weighted by molar-refractivity contribution is -0.123. The summed E-state index contributed by atoms with van der Waals surface area (Å²) in [6.45, 7) is 4.32. The molecule has 1 atom stereocenters. The topological polar surface area (TPSA) is 69.6 Å². The van der Waals surface area contributed by atoms with E-state index in [2.05, 4.69) is 5.32 Å². The van der Waals surface area contributed by atoms with Crippen LogP contribution in [0.5, 0.6) is 0 Å². The first-order chi connectivity index (χ1) is 7.02. The smallest absolute Gasteiger partial charge is 0.411 e. The Morgan fingerprint density at radius 1 is 1.60 bits per heavy atom. The molecular formula is C10H14N2O3. The predicted octanol–water partition coefficient (Wildman–Crippen LogP) is 0.984. The standard InChI is InChI=1S/C10H14N2O3/c1-5(2)7-8-6(11-9(7)13)3-4-12(8)10(14)15/h5,7H,3-4H2,1-2H3,(H,11,13)(H,14,15)/t7-/m0/s1. The lowest BCUT2D eigenvalue weighted by Crippen LogP contribution is -2.35. The van der Waals surface area contributed by atoms with Crippen molar-refractivity contribution in [2.24, 2.45) is 11.8 Å². The van der Waals surface area contributed by atoms with E-state index in [9.17, 15) is 9.59 Å². The van der Waals surface area contributed by atoms with E-state index in [4.69, 9.17) is 5.11 Å². The minimum Gasteiger partial charge on any atom is -0.465 e. The van der Waals surface area contributed by atoms with Crippen LogP contribution >= 0.6 is 0 Å². The quantitative estimate of drug-likeness (QED) is 0.678. The van der Waals surface area contributed by atoms with Gasteiger partial charge in [0.2, 0.25) is 5.91 Å². The van der Waals surface area contributed by atoms with Crippen molar-refractivity contribution >= 4 is 12.0 Å². The molecule has 2 rings (SSSR count). The lowest BCUT2D eigenvalue weighted by Gasteiger charge is -2.22. The molecule has 2 heterocycles. The Morgan fingerprint density at radius 3 is 2.80 bits per heavy atom. The van der Waals surface area contributed by atoms with Gasteiger partial charge in [-0.05, 0) is 5.92 Å². The number of carboxylic acid groups (broad SMARTS) is 1. The van der Waals surface area contributed by atoms with Crippen LogP contribution in [0.2, 0.25) is 0 Å². The van der Waals surface area contributed by atoms with E-state index >= 15 is 0 Å². The molecule has 15 heavy (non-hydrogen) atoms. The largest absolute Gasteiger partial charge is 0.465 e. The minimum atomic E-state index is -0.970. The third kappa shape index (κ3) is 1.38. The Bertz CT molecular complexity index is 360. The summed E-state index contributed by atoms with van der Waals surface area (Å²) in [4.78, 5) is 23.9. The summed E-state index contributed by atoms with van der Waals surface area (Å²) < 4.78 is 0. The van der Waals surface area contributed by atoms with Crippen molar-refractivity contribution in [3.05, 3.63) is 11.4 Å². The Kier molecular flexibility index (Phi) is 2.17. The van der Waals surface area contributed by atoms with Gasteiger partial charge in [0.1, 0.15) is 0 Å². The van der Waals surface area contributed by atoms with Crippen LogP contribution in [0, 0.1) is 11.8 Å². The Balaban J connectivity index is 2.34. The molecule has 2 N–H and O–H groups in total. The molecule has 5 nitrogen and oxygen atoms in total. The van der Waals surface area contributed by atoms with E-state index in [1.165, 1.54) is 4.90 Å². The van der Waals surface area contributed by atoms with Crippen LogP contribution < -0.4 is 5.32 Å². The van der Waals surface area contributed by atoms with Gasteiger partial charge in [-0.1, -0.05) is 13.8 Å². The van der Waals surface area contributed by atoms with Crippen LogP contribution in [0.1, 0.15) is 20.3 Å². The second-order valence-corrected chi connectivity index (χ2v) is 4.26. The van der Waals surface area contributed by atoms with Gasteiger partial charge >= 0.3 is 6.09 Å². The fraction of sp³-hybridized carbons (Fsp3) is 0.600. The highest BCUT2D eigenvalue weighted by Gasteiger charge is 2.43. The molecule has 0 spiro atoms. The van der Waals surface area contributed by atoms with Crippen LogP contribution in [0.3, 0.4) is 0 Å². The van der Waals surface area contributed by atoms with E-state index in [-0.39, 0.29) is 17.7 Å². The SMILES string of the molecule is CC(C)[C@@H]1C(=O)NC2=C1N(C(=O)O)CC2. The second-order valence-electron chi connectivity index (χ2n) is 4.26. The second kappa shape index (κ2) is 3.25. The van der Waals surface area contributed by atoms with Gasteiger partial charge in [-0.15, -0.1) is 0 Å². The monoisotopic (exact) mass is 210 g/mol. The summed E-state index contributed by atoms with van der Waals surface area (Å²) >= 11 is 0. The minimum absolute atomic E-state index is 0.0686.